The van der Waals surface area contributed by atoms with Gasteiger partial charge in [0.15, 0.2) is 5.84 Å². The van der Waals surface area contributed by atoms with Crippen molar-refractivity contribution in [1.82, 2.24) is 0 Å². The third-order valence-corrected chi connectivity index (χ3v) is 2.56. The Labute approximate surface area is 97.4 Å². The molecule has 86 valence electrons. The lowest BCUT2D eigenvalue weighted by Gasteiger charge is -2.27. The number of hydrogen-bond acceptors (Lipinski definition) is 4. The Hall–Kier alpha value is -1.46. The van der Waals surface area contributed by atoms with Gasteiger partial charge >= 0.3 is 0 Å². The Morgan fingerprint density at radius 1 is 1.56 bits per heavy atom. The molecule has 5 nitrogen and oxygen atoms in total. The Morgan fingerprint density at radius 2 is 2.31 bits per heavy atom. The molecule has 1 aromatic rings. The monoisotopic (exact) mass is 242 g/mol. The van der Waals surface area contributed by atoms with E-state index in [-0.39, 0.29) is 11.9 Å². The van der Waals surface area contributed by atoms with Crippen LogP contribution in [0.5, 0.6) is 5.75 Å². The first-order chi connectivity index (χ1) is 7.72. The number of nitrogens with two attached hydrogens (primary N) is 1. The van der Waals surface area contributed by atoms with Gasteiger partial charge < -0.3 is 20.4 Å². The fraction of sp³-hybridized carbons (Fsp3) is 0.300. The van der Waals surface area contributed by atoms with Crippen LogP contribution in [0.2, 0.25) is 5.02 Å². The van der Waals surface area contributed by atoms with Gasteiger partial charge in [0.25, 0.3) is 0 Å². The lowest BCUT2D eigenvalue weighted by Crippen LogP contribution is -2.39. The summed E-state index contributed by atoms with van der Waals surface area (Å²) in [5.41, 5.74) is 5.94. The molecule has 1 fully saturated rings. The van der Waals surface area contributed by atoms with Gasteiger partial charge in [-0.1, -0.05) is 22.8 Å². The Balaban J connectivity index is 2.31. The fourth-order valence-corrected chi connectivity index (χ4v) is 1.63. The fourth-order valence-electron chi connectivity index (χ4n) is 1.36. The van der Waals surface area contributed by atoms with Crippen molar-refractivity contribution < 1.29 is 14.7 Å². The zero-order valence-corrected chi connectivity index (χ0v) is 9.15. The van der Waals surface area contributed by atoms with E-state index in [4.69, 9.17) is 32.0 Å². The van der Waals surface area contributed by atoms with Crippen molar-refractivity contribution in [2.45, 2.75) is 6.10 Å². The number of nitrogens with zero attached hydrogens (tertiary/aromatic N) is 1. The number of halogens is 1. The molecule has 0 unspecified atom stereocenters. The minimum absolute atomic E-state index is 0.00343. The average molecular weight is 243 g/mol. The van der Waals surface area contributed by atoms with E-state index in [1.807, 2.05) is 0 Å². The zero-order valence-electron chi connectivity index (χ0n) is 8.39. The zero-order chi connectivity index (χ0) is 11.5. The molecule has 3 N–H and O–H groups in total. The van der Waals surface area contributed by atoms with Gasteiger partial charge in [-0.2, -0.15) is 0 Å². The second-order valence-corrected chi connectivity index (χ2v) is 3.78. The third kappa shape index (κ3) is 2.05. The molecule has 0 aromatic heterocycles. The van der Waals surface area contributed by atoms with Gasteiger partial charge in [-0.05, 0) is 12.1 Å². The number of rotatable bonds is 3. The maximum absolute atomic E-state index is 8.67. The number of benzene rings is 1. The molecule has 0 saturated carbocycles. The standard InChI is InChI=1S/C10H11ClN2O3/c11-7-2-1-3-8(9(7)10(12)13-14)16-6-4-15-5-6/h1-3,6,14H,4-5H2,(H2,12,13). The van der Waals surface area contributed by atoms with Gasteiger partial charge in [-0.15, -0.1) is 0 Å². The normalized spacial score (nSPS) is 16.9. The highest BCUT2D eigenvalue weighted by Crippen LogP contribution is 2.27. The van der Waals surface area contributed by atoms with Crippen molar-refractivity contribution in [2.75, 3.05) is 13.2 Å². The summed E-state index contributed by atoms with van der Waals surface area (Å²) < 4.78 is 10.6. The molecule has 6 heteroatoms. The summed E-state index contributed by atoms with van der Waals surface area (Å²) in [4.78, 5) is 0. The van der Waals surface area contributed by atoms with Crippen molar-refractivity contribution >= 4 is 17.4 Å². The predicted molar refractivity (Wildman–Crippen MR) is 59.2 cm³/mol. The molecule has 1 heterocycles. The summed E-state index contributed by atoms with van der Waals surface area (Å²) in [5.74, 6) is 0.428. The molecule has 2 rings (SSSR count). The molecule has 1 aromatic carbocycles. The van der Waals surface area contributed by atoms with Crippen molar-refractivity contribution in [3.05, 3.63) is 28.8 Å². The highest BCUT2D eigenvalue weighted by Gasteiger charge is 2.23. The van der Waals surface area contributed by atoms with E-state index in [0.29, 0.717) is 29.5 Å². The van der Waals surface area contributed by atoms with Crippen LogP contribution in [0.25, 0.3) is 0 Å². The minimum atomic E-state index is -0.0687. The van der Waals surface area contributed by atoms with Crippen molar-refractivity contribution in [2.24, 2.45) is 10.9 Å². The maximum Gasteiger partial charge on any atom is 0.175 e. The van der Waals surface area contributed by atoms with Crippen LogP contribution in [-0.2, 0) is 4.74 Å². The van der Waals surface area contributed by atoms with Crippen LogP contribution < -0.4 is 10.5 Å². The Morgan fingerprint density at radius 3 is 2.88 bits per heavy atom. The number of oxime groups is 1. The van der Waals surface area contributed by atoms with E-state index in [1.165, 1.54) is 0 Å². The molecule has 1 aliphatic rings. The summed E-state index contributed by atoms with van der Waals surface area (Å²) in [6, 6.07) is 5.11. The first-order valence-electron chi connectivity index (χ1n) is 4.73. The predicted octanol–water partition coefficient (Wildman–Crippen LogP) is 1.21. The van der Waals surface area contributed by atoms with Crippen LogP contribution in [0.3, 0.4) is 0 Å². The molecule has 0 atom stereocenters. The maximum atomic E-state index is 8.67. The summed E-state index contributed by atoms with van der Waals surface area (Å²) in [6.07, 6.45) is 0.00343. The van der Waals surface area contributed by atoms with Gasteiger partial charge in [0.2, 0.25) is 0 Å². The number of ether oxygens (including phenoxy) is 2. The van der Waals surface area contributed by atoms with E-state index in [2.05, 4.69) is 5.16 Å². The van der Waals surface area contributed by atoms with E-state index >= 15 is 0 Å². The van der Waals surface area contributed by atoms with Crippen LogP contribution in [0.1, 0.15) is 5.56 Å². The van der Waals surface area contributed by atoms with Gasteiger partial charge in [-0.3, -0.25) is 0 Å². The number of amidine groups is 1. The summed E-state index contributed by atoms with van der Waals surface area (Å²) in [7, 11) is 0. The van der Waals surface area contributed by atoms with Gasteiger partial charge in [0.05, 0.1) is 23.8 Å². The quantitative estimate of drug-likeness (QED) is 0.362. The largest absolute Gasteiger partial charge is 0.485 e. The van der Waals surface area contributed by atoms with Crippen molar-refractivity contribution in [1.29, 1.82) is 0 Å². The van der Waals surface area contributed by atoms with Crippen LogP contribution in [0, 0.1) is 0 Å². The van der Waals surface area contributed by atoms with Crippen molar-refractivity contribution in [3.63, 3.8) is 0 Å². The molecule has 0 amide bonds. The molecular formula is C10H11ClN2O3. The van der Waals surface area contributed by atoms with Crippen LogP contribution >= 0.6 is 11.6 Å². The summed E-state index contributed by atoms with van der Waals surface area (Å²) >= 11 is 5.96. The highest BCUT2D eigenvalue weighted by atomic mass is 35.5. The Kier molecular flexibility index (Phi) is 3.17. The SMILES string of the molecule is N/C(=N/O)c1c(Cl)cccc1OC1COC1. The van der Waals surface area contributed by atoms with Crippen LogP contribution in [0.4, 0.5) is 0 Å². The third-order valence-electron chi connectivity index (χ3n) is 2.24. The molecule has 1 saturated heterocycles. The highest BCUT2D eigenvalue weighted by molar-refractivity contribution is 6.34. The van der Waals surface area contributed by atoms with E-state index in [1.54, 1.807) is 18.2 Å². The smallest absolute Gasteiger partial charge is 0.175 e. The summed E-state index contributed by atoms with van der Waals surface area (Å²) in [5, 5.41) is 12.0. The molecule has 0 bridgehead atoms. The lowest BCUT2D eigenvalue weighted by atomic mass is 10.1. The van der Waals surface area contributed by atoms with E-state index in [0.717, 1.165) is 0 Å². The minimum Gasteiger partial charge on any atom is -0.485 e. The summed E-state index contributed by atoms with van der Waals surface area (Å²) in [6.45, 7) is 1.09. The van der Waals surface area contributed by atoms with Crippen LogP contribution in [0.15, 0.2) is 23.4 Å². The van der Waals surface area contributed by atoms with E-state index < -0.39 is 0 Å². The molecule has 0 spiro atoms. The molecule has 1 aliphatic heterocycles. The topological polar surface area (TPSA) is 77.1 Å². The average Bonchev–Trinajstić information content (AvgIpc) is 2.22. The molecular weight excluding hydrogens is 232 g/mol. The number of hydrogen-bond donors (Lipinski definition) is 2. The van der Waals surface area contributed by atoms with Crippen molar-refractivity contribution in [3.8, 4) is 5.75 Å². The second kappa shape index (κ2) is 4.59. The van der Waals surface area contributed by atoms with Gasteiger partial charge in [0.1, 0.15) is 11.9 Å². The van der Waals surface area contributed by atoms with Crippen LogP contribution in [-0.4, -0.2) is 30.4 Å². The molecule has 16 heavy (non-hydrogen) atoms. The lowest BCUT2D eigenvalue weighted by molar-refractivity contribution is -0.0797. The second-order valence-electron chi connectivity index (χ2n) is 3.38. The Bertz CT molecular complexity index is 419. The van der Waals surface area contributed by atoms with E-state index in [9.17, 15) is 0 Å². The van der Waals surface area contributed by atoms with Gasteiger partial charge in [-0.25, -0.2) is 0 Å². The molecule has 0 aliphatic carbocycles. The first-order valence-corrected chi connectivity index (χ1v) is 5.11. The molecule has 0 radical (unpaired) electrons. The first kappa shape index (κ1) is 11.0. The van der Waals surface area contributed by atoms with Gasteiger partial charge in [0, 0.05) is 0 Å².